The minimum atomic E-state index is 0.565. The summed E-state index contributed by atoms with van der Waals surface area (Å²) < 4.78 is 6.44. The molecule has 2 heterocycles. The number of rotatable bonds is 5. The molecule has 228 valence electrons. The molecule has 9 rings (SSSR count). The number of nitrogens with zero attached hydrogens (tertiary/aromatic N) is 4. The molecule has 0 aliphatic heterocycles. The number of hydrogen-bond donors (Lipinski definition) is 0. The summed E-state index contributed by atoms with van der Waals surface area (Å²) in [7, 11) is 0. The molecule has 0 amide bonds. The zero-order valence-corrected chi connectivity index (χ0v) is 26.2. The lowest BCUT2D eigenvalue weighted by atomic mass is 9.99. The Morgan fingerprint density at radius 3 is 1.76 bits per heavy atom. The first kappa shape index (κ1) is 28.3. The Kier molecular flexibility index (Phi) is 6.78. The molecule has 49 heavy (non-hydrogen) atoms. The molecule has 9 aromatic rings. The van der Waals surface area contributed by atoms with Crippen LogP contribution in [0.4, 0.5) is 0 Å². The minimum Gasteiger partial charge on any atom is -0.456 e. The van der Waals surface area contributed by atoms with Crippen LogP contribution in [0.15, 0.2) is 162 Å². The van der Waals surface area contributed by atoms with Gasteiger partial charge in [0.15, 0.2) is 17.5 Å². The second kappa shape index (κ2) is 11.7. The molecule has 5 nitrogen and oxygen atoms in total. The summed E-state index contributed by atoms with van der Waals surface area (Å²) in [6, 6.07) is 55.3. The topological polar surface area (TPSA) is 75.6 Å². The van der Waals surface area contributed by atoms with Crippen LogP contribution in [0.25, 0.3) is 89.1 Å². The Morgan fingerprint density at radius 2 is 1.02 bits per heavy atom. The Morgan fingerprint density at radius 1 is 0.429 bits per heavy atom. The lowest BCUT2D eigenvalue weighted by Gasteiger charge is -2.10. The summed E-state index contributed by atoms with van der Waals surface area (Å²) in [6.07, 6.45) is 0. The first-order valence-corrected chi connectivity index (χ1v) is 16.1. The average Bonchev–Trinajstić information content (AvgIpc) is 3.56. The predicted octanol–water partition coefficient (Wildman–Crippen LogP) is 11.1. The maximum atomic E-state index is 9.19. The second-order valence-corrected chi connectivity index (χ2v) is 12.0. The van der Waals surface area contributed by atoms with Crippen molar-refractivity contribution in [2.75, 3.05) is 0 Å². The number of hydrogen-bond acceptors (Lipinski definition) is 5. The van der Waals surface area contributed by atoms with E-state index in [2.05, 4.69) is 91.0 Å². The molecule has 0 unspecified atom stereocenters. The molecule has 0 radical (unpaired) electrons. The molecule has 0 aliphatic rings. The van der Waals surface area contributed by atoms with Crippen molar-refractivity contribution in [1.29, 1.82) is 5.26 Å². The Bertz CT molecular complexity index is 2710. The van der Waals surface area contributed by atoms with Crippen LogP contribution in [0.2, 0.25) is 0 Å². The molecule has 0 N–H and O–H groups in total. The van der Waals surface area contributed by atoms with Crippen LogP contribution in [0.5, 0.6) is 0 Å². The molecule has 0 aliphatic carbocycles. The molecule has 5 heteroatoms. The van der Waals surface area contributed by atoms with Gasteiger partial charge in [-0.25, -0.2) is 15.0 Å². The van der Waals surface area contributed by atoms with E-state index in [1.54, 1.807) is 0 Å². The van der Waals surface area contributed by atoms with E-state index in [9.17, 15) is 5.26 Å². The van der Waals surface area contributed by atoms with Crippen molar-refractivity contribution >= 4 is 32.7 Å². The molecular formula is C44H26N4O. The van der Waals surface area contributed by atoms with Gasteiger partial charge in [0.2, 0.25) is 0 Å². The number of fused-ring (bicyclic) bond motifs is 4. The van der Waals surface area contributed by atoms with E-state index in [4.69, 9.17) is 19.4 Å². The van der Waals surface area contributed by atoms with Crippen molar-refractivity contribution in [3.05, 3.63) is 163 Å². The van der Waals surface area contributed by atoms with Gasteiger partial charge < -0.3 is 4.42 Å². The summed E-state index contributed by atoms with van der Waals surface area (Å²) in [5, 5.41) is 13.6. The van der Waals surface area contributed by atoms with E-state index >= 15 is 0 Å². The summed E-state index contributed by atoms with van der Waals surface area (Å²) in [4.78, 5) is 15.0. The molecule has 2 aromatic heterocycles. The lowest BCUT2D eigenvalue weighted by Crippen LogP contribution is -2.00. The van der Waals surface area contributed by atoms with Crippen molar-refractivity contribution in [2.24, 2.45) is 0 Å². The third-order valence-electron chi connectivity index (χ3n) is 8.97. The third kappa shape index (κ3) is 5.18. The van der Waals surface area contributed by atoms with Crippen molar-refractivity contribution < 1.29 is 4.42 Å². The van der Waals surface area contributed by atoms with Crippen LogP contribution < -0.4 is 0 Å². The monoisotopic (exact) mass is 626 g/mol. The largest absolute Gasteiger partial charge is 0.456 e. The molecule has 0 fully saturated rings. The van der Waals surface area contributed by atoms with E-state index < -0.39 is 0 Å². The molecule has 0 saturated carbocycles. The Balaban J connectivity index is 1.18. The second-order valence-electron chi connectivity index (χ2n) is 12.0. The van der Waals surface area contributed by atoms with E-state index in [1.165, 1.54) is 0 Å². The maximum Gasteiger partial charge on any atom is 0.164 e. The van der Waals surface area contributed by atoms with Crippen molar-refractivity contribution in [1.82, 2.24) is 15.0 Å². The quantitative estimate of drug-likeness (QED) is 0.190. The van der Waals surface area contributed by atoms with Gasteiger partial charge in [0, 0.05) is 27.5 Å². The normalized spacial score (nSPS) is 11.2. The zero-order valence-electron chi connectivity index (χ0n) is 26.2. The summed E-state index contributed by atoms with van der Waals surface area (Å²) in [5.74, 6) is 1.74. The first-order valence-electron chi connectivity index (χ1n) is 16.1. The average molecular weight is 627 g/mol. The van der Waals surface area contributed by atoms with Crippen LogP contribution in [-0.4, -0.2) is 15.0 Å². The Hall–Kier alpha value is -6.90. The van der Waals surface area contributed by atoms with E-state index in [1.807, 2.05) is 72.8 Å². The van der Waals surface area contributed by atoms with Crippen molar-refractivity contribution in [3.8, 4) is 62.5 Å². The van der Waals surface area contributed by atoms with Gasteiger partial charge in [-0.05, 0) is 69.4 Å². The molecule has 0 bridgehead atoms. The fraction of sp³-hybridized carbons (Fsp3) is 0. The number of nitriles is 1. The highest BCUT2D eigenvalue weighted by atomic mass is 16.3. The molecule has 0 atom stereocenters. The number of furan rings is 1. The smallest absolute Gasteiger partial charge is 0.164 e. The van der Waals surface area contributed by atoms with Crippen LogP contribution in [-0.2, 0) is 0 Å². The fourth-order valence-electron chi connectivity index (χ4n) is 6.46. The molecule has 7 aromatic carbocycles. The van der Waals surface area contributed by atoms with Crippen LogP contribution in [0.3, 0.4) is 0 Å². The molecular weight excluding hydrogens is 601 g/mol. The van der Waals surface area contributed by atoms with Gasteiger partial charge in [0.05, 0.1) is 11.6 Å². The molecule has 0 saturated heterocycles. The fourth-order valence-corrected chi connectivity index (χ4v) is 6.46. The minimum absolute atomic E-state index is 0.565. The zero-order chi connectivity index (χ0) is 32.7. The highest BCUT2D eigenvalue weighted by Gasteiger charge is 2.17. The number of benzene rings is 7. The summed E-state index contributed by atoms with van der Waals surface area (Å²) in [6.45, 7) is 0. The van der Waals surface area contributed by atoms with Gasteiger partial charge in [-0.15, -0.1) is 0 Å². The van der Waals surface area contributed by atoms with E-state index in [0.717, 1.165) is 71.7 Å². The maximum absolute atomic E-state index is 9.19. The van der Waals surface area contributed by atoms with E-state index in [0.29, 0.717) is 23.0 Å². The van der Waals surface area contributed by atoms with Gasteiger partial charge in [0.25, 0.3) is 0 Å². The van der Waals surface area contributed by atoms with Crippen LogP contribution in [0, 0.1) is 11.3 Å². The van der Waals surface area contributed by atoms with Crippen molar-refractivity contribution in [3.63, 3.8) is 0 Å². The van der Waals surface area contributed by atoms with Gasteiger partial charge in [-0.1, -0.05) is 121 Å². The predicted molar refractivity (Wildman–Crippen MR) is 197 cm³/mol. The Labute approximate surface area is 282 Å². The van der Waals surface area contributed by atoms with Crippen LogP contribution in [0.1, 0.15) is 5.56 Å². The lowest BCUT2D eigenvalue weighted by molar-refractivity contribution is 0.669. The van der Waals surface area contributed by atoms with Gasteiger partial charge in [0.1, 0.15) is 11.2 Å². The third-order valence-corrected chi connectivity index (χ3v) is 8.97. The highest BCUT2D eigenvalue weighted by Crippen LogP contribution is 2.38. The van der Waals surface area contributed by atoms with Gasteiger partial charge in [-0.2, -0.15) is 5.26 Å². The van der Waals surface area contributed by atoms with Gasteiger partial charge in [-0.3, -0.25) is 0 Å². The standard InChI is InChI=1S/C44H26N4O/c45-27-28-13-15-30(16-14-28)31-17-20-33(21-18-31)42-46-43(35-22-19-29-7-4-5-10-34(29)25-35)48-44(47-42)36-23-24-38-40(26-36)49-39-12-6-11-37(41(38)39)32-8-2-1-3-9-32/h1-26H. The highest BCUT2D eigenvalue weighted by molar-refractivity contribution is 6.13. The van der Waals surface area contributed by atoms with Gasteiger partial charge >= 0.3 is 0 Å². The molecule has 0 spiro atoms. The summed E-state index contributed by atoms with van der Waals surface area (Å²) >= 11 is 0. The first-order chi connectivity index (χ1) is 24.2. The van der Waals surface area contributed by atoms with Crippen molar-refractivity contribution in [2.45, 2.75) is 0 Å². The number of aromatic nitrogens is 3. The summed E-state index contributed by atoms with van der Waals surface area (Å²) in [5.41, 5.74) is 9.24. The van der Waals surface area contributed by atoms with Crippen LogP contribution >= 0.6 is 0 Å². The van der Waals surface area contributed by atoms with E-state index in [-0.39, 0.29) is 0 Å². The SMILES string of the molecule is N#Cc1ccc(-c2ccc(-c3nc(-c4ccc5ccccc5c4)nc(-c4ccc5c(c4)oc4cccc(-c6ccccc6)c45)n3)cc2)cc1.